The van der Waals surface area contributed by atoms with Crippen LogP contribution in [0.25, 0.3) is 10.9 Å². The summed E-state index contributed by atoms with van der Waals surface area (Å²) in [5.41, 5.74) is 1.15. The highest BCUT2D eigenvalue weighted by molar-refractivity contribution is 7.14. The molecule has 0 aliphatic carbocycles. The van der Waals surface area contributed by atoms with E-state index in [1.54, 1.807) is 18.2 Å². The van der Waals surface area contributed by atoms with Crippen LogP contribution in [0, 0.1) is 0 Å². The SMILES string of the molecule is CC(=O)NCc1ccc(C(=O)COC(=O)c2cc3ccccc3[nH]2)s1. The molecule has 1 aromatic carbocycles. The van der Waals surface area contributed by atoms with E-state index < -0.39 is 5.97 Å². The minimum absolute atomic E-state index is 0.131. The third-order valence-electron chi connectivity index (χ3n) is 3.53. The fourth-order valence-electron chi connectivity index (χ4n) is 2.30. The first kappa shape index (κ1) is 16.9. The van der Waals surface area contributed by atoms with Gasteiger partial charge in [-0.3, -0.25) is 9.59 Å². The Balaban J connectivity index is 1.58. The zero-order chi connectivity index (χ0) is 17.8. The van der Waals surface area contributed by atoms with Crippen LogP contribution < -0.4 is 5.32 Å². The topological polar surface area (TPSA) is 88.3 Å². The molecule has 0 saturated heterocycles. The number of H-pyrrole nitrogens is 1. The number of rotatable bonds is 6. The van der Waals surface area contributed by atoms with Crippen molar-refractivity contribution in [3.8, 4) is 0 Å². The number of aromatic nitrogens is 1. The molecule has 3 aromatic rings. The standard InChI is InChI=1S/C18H16N2O4S/c1-11(21)19-9-13-6-7-17(25-13)16(22)10-24-18(23)15-8-12-4-2-3-5-14(12)20-15/h2-8,20H,9-10H2,1H3,(H,19,21). The molecule has 0 unspecified atom stereocenters. The van der Waals surface area contributed by atoms with Crippen molar-refractivity contribution in [3.05, 3.63) is 57.9 Å². The number of para-hydroxylation sites is 1. The van der Waals surface area contributed by atoms with Crippen molar-refractivity contribution in [2.75, 3.05) is 6.61 Å². The van der Waals surface area contributed by atoms with Crippen molar-refractivity contribution >= 4 is 39.9 Å². The van der Waals surface area contributed by atoms with E-state index in [4.69, 9.17) is 4.74 Å². The Morgan fingerprint density at radius 1 is 1.16 bits per heavy atom. The monoisotopic (exact) mass is 356 g/mol. The number of fused-ring (bicyclic) bond motifs is 1. The molecule has 0 radical (unpaired) electrons. The number of amides is 1. The highest BCUT2D eigenvalue weighted by Crippen LogP contribution is 2.18. The molecule has 0 atom stereocenters. The molecule has 3 rings (SSSR count). The summed E-state index contributed by atoms with van der Waals surface area (Å²) in [6.07, 6.45) is 0. The third-order valence-corrected chi connectivity index (χ3v) is 4.66. The molecule has 2 heterocycles. The number of Topliss-reactive ketones (excluding diaryl/α,β-unsaturated/α-hetero) is 1. The highest BCUT2D eigenvalue weighted by Gasteiger charge is 2.15. The lowest BCUT2D eigenvalue weighted by Crippen LogP contribution is -2.18. The molecule has 6 nitrogen and oxygen atoms in total. The number of hydrogen-bond acceptors (Lipinski definition) is 5. The fraction of sp³-hybridized carbons (Fsp3) is 0.167. The largest absolute Gasteiger partial charge is 0.453 e. The van der Waals surface area contributed by atoms with Crippen LogP contribution in [0.1, 0.15) is 32.0 Å². The third kappa shape index (κ3) is 4.13. The van der Waals surface area contributed by atoms with Crippen LogP contribution in [0.5, 0.6) is 0 Å². The van der Waals surface area contributed by atoms with Gasteiger partial charge >= 0.3 is 5.97 Å². The van der Waals surface area contributed by atoms with Crippen molar-refractivity contribution in [2.45, 2.75) is 13.5 Å². The fourth-order valence-corrected chi connectivity index (χ4v) is 3.17. The maximum atomic E-state index is 12.1. The summed E-state index contributed by atoms with van der Waals surface area (Å²) in [6.45, 7) is 1.49. The van der Waals surface area contributed by atoms with Crippen molar-refractivity contribution in [1.29, 1.82) is 0 Å². The summed E-state index contributed by atoms with van der Waals surface area (Å²) < 4.78 is 5.10. The summed E-state index contributed by atoms with van der Waals surface area (Å²) in [7, 11) is 0. The van der Waals surface area contributed by atoms with E-state index in [0.717, 1.165) is 15.8 Å². The average Bonchev–Trinajstić information content (AvgIpc) is 3.24. The van der Waals surface area contributed by atoms with Crippen LogP contribution in [0.15, 0.2) is 42.5 Å². The number of carbonyl (C=O) groups is 3. The van der Waals surface area contributed by atoms with Gasteiger partial charge in [-0.15, -0.1) is 11.3 Å². The van der Waals surface area contributed by atoms with Gasteiger partial charge in [0.1, 0.15) is 5.69 Å². The van der Waals surface area contributed by atoms with E-state index >= 15 is 0 Å². The molecule has 0 fully saturated rings. The van der Waals surface area contributed by atoms with Gasteiger partial charge in [0, 0.05) is 22.7 Å². The molecule has 0 aliphatic rings. The van der Waals surface area contributed by atoms with Crippen LogP contribution in [0.3, 0.4) is 0 Å². The van der Waals surface area contributed by atoms with E-state index in [0.29, 0.717) is 17.1 Å². The van der Waals surface area contributed by atoms with E-state index in [1.807, 2.05) is 24.3 Å². The molecule has 0 spiro atoms. The Morgan fingerprint density at radius 3 is 2.72 bits per heavy atom. The van der Waals surface area contributed by atoms with E-state index in [-0.39, 0.29) is 18.3 Å². The van der Waals surface area contributed by atoms with E-state index in [2.05, 4.69) is 10.3 Å². The minimum atomic E-state index is -0.570. The molecule has 128 valence electrons. The number of carbonyl (C=O) groups excluding carboxylic acids is 3. The second kappa shape index (κ2) is 7.31. The van der Waals surface area contributed by atoms with Gasteiger partial charge in [-0.1, -0.05) is 18.2 Å². The molecule has 0 bridgehead atoms. The first-order valence-electron chi connectivity index (χ1n) is 7.64. The van der Waals surface area contributed by atoms with Crippen molar-refractivity contribution in [2.24, 2.45) is 0 Å². The average molecular weight is 356 g/mol. The molecule has 0 saturated carbocycles. The van der Waals surface area contributed by atoms with Crippen molar-refractivity contribution in [1.82, 2.24) is 10.3 Å². The zero-order valence-corrected chi connectivity index (χ0v) is 14.3. The Morgan fingerprint density at radius 2 is 1.96 bits per heavy atom. The first-order valence-corrected chi connectivity index (χ1v) is 8.46. The number of nitrogens with one attached hydrogen (secondary N) is 2. The summed E-state index contributed by atoms with van der Waals surface area (Å²) in [4.78, 5) is 39.4. The lowest BCUT2D eigenvalue weighted by Gasteiger charge is -2.01. The number of esters is 1. The van der Waals surface area contributed by atoms with Crippen LogP contribution in [-0.2, 0) is 16.1 Å². The molecule has 2 N–H and O–H groups in total. The number of ether oxygens (including phenoxy) is 1. The Hall–Kier alpha value is -2.93. The maximum absolute atomic E-state index is 12.1. The maximum Gasteiger partial charge on any atom is 0.355 e. The number of aromatic amines is 1. The van der Waals surface area contributed by atoms with Gasteiger partial charge in [0.2, 0.25) is 11.7 Å². The van der Waals surface area contributed by atoms with Gasteiger partial charge in [-0.25, -0.2) is 4.79 Å². The van der Waals surface area contributed by atoms with Crippen LogP contribution in [-0.4, -0.2) is 29.3 Å². The number of hydrogen-bond donors (Lipinski definition) is 2. The van der Waals surface area contributed by atoms with Crippen molar-refractivity contribution < 1.29 is 19.1 Å². The number of thiophene rings is 1. The second-order valence-electron chi connectivity index (χ2n) is 5.45. The first-order chi connectivity index (χ1) is 12.0. The summed E-state index contributed by atoms with van der Waals surface area (Å²) in [5.74, 6) is -0.975. The molecule has 0 aliphatic heterocycles. The smallest absolute Gasteiger partial charge is 0.355 e. The molecule has 7 heteroatoms. The summed E-state index contributed by atoms with van der Waals surface area (Å²) >= 11 is 1.27. The Labute approximate surface area is 147 Å². The van der Waals surface area contributed by atoms with E-state index in [1.165, 1.54) is 18.3 Å². The van der Waals surface area contributed by atoms with Gasteiger partial charge in [0.15, 0.2) is 6.61 Å². The Bertz CT molecular complexity index is 908. The quantitative estimate of drug-likeness (QED) is 0.525. The molecule has 25 heavy (non-hydrogen) atoms. The van der Waals surface area contributed by atoms with Gasteiger partial charge < -0.3 is 15.0 Å². The minimum Gasteiger partial charge on any atom is -0.453 e. The zero-order valence-electron chi connectivity index (χ0n) is 13.5. The van der Waals surface area contributed by atoms with Crippen LogP contribution in [0.4, 0.5) is 0 Å². The van der Waals surface area contributed by atoms with E-state index in [9.17, 15) is 14.4 Å². The molecule has 1 amide bonds. The normalized spacial score (nSPS) is 10.6. The predicted molar refractivity (Wildman–Crippen MR) is 94.8 cm³/mol. The summed E-state index contributed by atoms with van der Waals surface area (Å²) in [6, 6.07) is 12.6. The van der Waals surface area contributed by atoms with Gasteiger partial charge in [0.05, 0.1) is 11.4 Å². The number of ketones is 1. The lowest BCUT2D eigenvalue weighted by molar-refractivity contribution is -0.119. The van der Waals surface area contributed by atoms with Gasteiger partial charge in [0.25, 0.3) is 0 Å². The molecule has 2 aromatic heterocycles. The van der Waals surface area contributed by atoms with Crippen LogP contribution in [0.2, 0.25) is 0 Å². The van der Waals surface area contributed by atoms with Crippen molar-refractivity contribution in [3.63, 3.8) is 0 Å². The van der Waals surface area contributed by atoms with Gasteiger partial charge in [-0.2, -0.15) is 0 Å². The Kier molecular flexibility index (Phi) is 4.95. The molecular weight excluding hydrogens is 340 g/mol. The van der Waals surface area contributed by atoms with Crippen LogP contribution >= 0.6 is 11.3 Å². The predicted octanol–water partition coefficient (Wildman–Crippen LogP) is 2.91. The number of benzene rings is 1. The van der Waals surface area contributed by atoms with Gasteiger partial charge in [-0.05, 0) is 24.3 Å². The molecular formula is C18H16N2O4S. The second-order valence-corrected chi connectivity index (χ2v) is 6.61. The highest BCUT2D eigenvalue weighted by atomic mass is 32.1. The lowest BCUT2D eigenvalue weighted by atomic mass is 10.2. The summed E-state index contributed by atoms with van der Waals surface area (Å²) in [5, 5.41) is 3.57.